The van der Waals surface area contributed by atoms with Gasteiger partial charge in [-0.3, -0.25) is 14.7 Å². The topological polar surface area (TPSA) is 78.0 Å². The molecule has 0 atom stereocenters. The fourth-order valence-electron chi connectivity index (χ4n) is 3.88. The van der Waals surface area contributed by atoms with Crippen LogP contribution in [0.5, 0.6) is 5.75 Å². The molecule has 3 rings (SSSR count). The van der Waals surface area contributed by atoms with E-state index in [1.54, 1.807) is 14.2 Å². The SMILES string of the molecule is CN=C(NCc1ccc(CN2CCCCC2)cc1)NCc1ccc(OC)c(NC(C)=O)c1.I. The molecule has 1 heterocycles. The van der Waals surface area contributed by atoms with Gasteiger partial charge in [0.25, 0.3) is 0 Å². The maximum atomic E-state index is 11.4. The van der Waals surface area contributed by atoms with Gasteiger partial charge in [0.05, 0.1) is 12.8 Å². The number of nitrogens with one attached hydrogen (secondary N) is 3. The Bertz CT molecular complexity index is 912. The van der Waals surface area contributed by atoms with Crippen LogP contribution in [0.15, 0.2) is 47.5 Å². The Kier molecular flexibility index (Phi) is 11.5. The zero-order valence-corrected chi connectivity index (χ0v) is 22.1. The highest BCUT2D eigenvalue weighted by molar-refractivity contribution is 14.0. The quantitative estimate of drug-likeness (QED) is 0.255. The lowest BCUT2D eigenvalue weighted by atomic mass is 10.1. The summed E-state index contributed by atoms with van der Waals surface area (Å²) in [5.74, 6) is 1.22. The molecular formula is C25H36IN5O2. The van der Waals surface area contributed by atoms with Gasteiger partial charge in [0, 0.05) is 33.6 Å². The van der Waals surface area contributed by atoms with E-state index in [1.165, 1.54) is 50.4 Å². The van der Waals surface area contributed by atoms with Crippen LogP contribution in [0.1, 0.15) is 42.9 Å². The average Bonchev–Trinajstić information content (AvgIpc) is 2.80. The van der Waals surface area contributed by atoms with E-state index >= 15 is 0 Å². The molecule has 0 spiro atoms. The van der Waals surface area contributed by atoms with Crippen LogP contribution in [0.2, 0.25) is 0 Å². The van der Waals surface area contributed by atoms with Crippen molar-refractivity contribution in [3.63, 3.8) is 0 Å². The number of nitrogens with zero attached hydrogens (tertiary/aromatic N) is 2. The van der Waals surface area contributed by atoms with Crippen molar-refractivity contribution in [1.29, 1.82) is 0 Å². The minimum absolute atomic E-state index is 0. The highest BCUT2D eigenvalue weighted by Crippen LogP contribution is 2.25. The smallest absolute Gasteiger partial charge is 0.221 e. The summed E-state index contributed by atoms with van der Waals surface area (Å²) in [7, 11) is 3.35. The number of methoxy groups -OCH3 is 1. The van der Waals surface area contributed by atoms with Crippen LogP contribution in [-0.4, -0.2) is 44.0 Å². The Morgan fingerprint density at radius 1 is 0.970 bits per heavy atom. The average molecular weight is 566 g/mol. The maximum Gasteiger partial charge on any atom is 0.221 e. The number of piperidine rings is 1. The number of benzene rings is 2. The molecule has 33 heavy (non-hydrogen) atoms. The normalized spacial score (nSPS) is 14.2. The Balaban J connectivity index is 0.00000385. The van der Waals surface area contributed by atoms with Crippen molar-refractivity contribution in [2.45, 2.75) is 45.8 Å². The first kappa shape index (κ1) is 26.9. The number of halogens is 1. The van der Waals surface area contributed by atoms with Gasteiger partial charge in [0.15, 0.2) is 5.96 Å². The van der Waals surface area contributed by atoms with Gasteiger partial charge in [-0.1, -0.05) is 36.8 Å². The van der Waals surface area contributed by atoms with Crippen LogP contribution < -0.4 is 20.7 Å². The van der Waals surface area contributed by atoms with Gasteiger partial charge in [0.1, 0.15) is 5.75 Å². The Morgan fingerprint density at radius 3 is 2.18 bits per heavy atom. The van der Waals surface area contributed by atoms with E-state index in [0.29, 0.717) is 24.5 Å². The van der Waals surface area contributed by atoms with E-state index in [-0.39, 0.29) is 29.9 Å². The first-order valence-corrected chi connectivity index (χ1v) is 11.3. The highest BCUT2D eigenvalue weighted by atomic mass is 127. The summed E-state index contributed by atoms with van der Waals surface area (Å²) in [5.41, 5.74) is 4.26. The van der Waals surface area contributed by atoms with Gasteiger partial charge in [-0.15, -0.1) is 24.0 Å². The molecule has 1 aliphatic heterocycles. The van der Waals surface area contributed by atoms with Crippen LogP contribution in [0.4, 0.5) is 5.69 Å². The number of likely N-dealkylation sites (tertiary alicyclic amines) is 1. The summed E-state index contributed by atoms with van der Waals surface area (Å²) >= 11 is 0. The predicted molar refractivity (Wildman–Crippen MR) is 145 cm³/mol. The standard InChI is InChI=1S/C25H35N5O2.HI/c1-19(31)29-23-15-22(11-12-24(23)32-3)17-28-25(26-2)27-16-20-7-9-21(10-8-20)18-30-13-5-4-6-14-30;/h7-12,15H,4-6,13-14,16-18H2,1-3H3,(H,29,31)(H2,26,27,28);1H. The fraction of sp³-hybridized carbons (Fsp3) is 0.440. The van der Waals surface area contributed by atoms with Crippen molar-refractivity contribution in [3.05, 3.63) is 59.2 Å². The van der Waals surface area contributed by atoms with Crippen molar-refractivity contribution in [1.82, 2.24) is 15.5 Å². The molecule has 0 unspecified atom stereocenters. The lowest BCUT2D eigenvalue weighted by molar-refractivity contribution is -0.114. The van der Waals surface area contributed by atoms with Gasteiger partial charge >= 0.3 is 0 Å². The van der Waals surface area contributed by atoms with Gasteiger partial charge in [-0.25, -0.2) is 0 Å². The van der Waals surface area contributed by atoms with E-state index in [4.69, 9.17) is 4.74 Å². The van der Waals surface area contributed by atoms with Crippen molar-refractivity contribution in [2.75, 3.05) is 32.6 Å². The molecule has 0 saturated carbocycles. The molecule has 0 radical (unpaired) electrons. The van der Waals surface area contributed by atoms with E-state index < -0.39 is 0 Å². The van der Waals surface area contributed by atoms with Crippen molar-refractivity contribution < 1.29 is 9.53 Å². The Hall–Kier alpha value is -2.33. The zero-order valence-electron chi connectivity index (χ0n) is 19.8. The number of aliphatic imine (C=N–C) groups is 1. The third-order valence-electron chi connectivity index (χ3n) is 5.60. The second kappa shape index (κ2) is 14.0. The molecule has 3 N–H and O–H groups in total. The van der Waals surface area contributed by atoms with Crippen molar-refractivity contribution >= 4 is 41.5 Å². The molecular weight excluding hydrogens is 529 g/mol. The fourth-order valence-corrected chi connectivity index (χ4v) is 3.88. The summed E-state index contributed by atoms with van der Waals surface area (Å²) in [4.78, 5) is 18.3. The van der Waals surface area contributed by atoms with Crippen LogP contribution in [0, 0.1) is 0 Å². The molecule has 2 aromatic carbocycles. The first-order chi connectivity index (χ1) is 15.6. The van der Waals surface area contributed by atoms with E-state index in [1.807, 2.05) is 18.2 Å². The predicted octanol–water partition coefficient (Wildman–Crippen LogP) is 4.12. The Morgan fingerprint density at radius 2 is 1.58 bits per heavy atom. The Labute approximate surface area is 214 Å². The molecule has 1 fully saturated rings. The number of carbonyl (C=O) groups excluding carboxylic acids is 1. The first-order valence-electron chi connectivity index (χ1n) is 11.3. The van der Waals surface area contributed by atoms with E-state index in [0.717, 1.165) is 18.1 Å². The number of guanidine groups is 1. The zero-order chi connectivity index (χ0) is 22.8. The van der Waals surface area contributed by atoms with Gasteiger partial charge in [0.2, 0.25) is 5.91 Å². The van der Waals surface area contributed by atoms with Crippen LogP contribution in [-0.2, 0) is 24.4 Å². The van der Waals surface area contributed by atoms with Crippen molar-refractivity contribution in [2.24, 2.45) is 4.99 Å². The van der Waals surface area contributed by atoms with Crippen LogP contribution in [0.3, 0.4) is 0 Å². The molecule has 2 aromatic rings. The summed E-state index contributed by atoms with van der Waals surface area (Å²) < 4.78 is 5.31. The molecule has 180 valence electrons. The molecule has 0 aromatic heterocycles. The molecule has 8 heteroatoms. The maximum absolute atomic E-state index is 11.4. The molecule has 0 aliphatic carbocycles. The summed E-state index contributed by atoms with van der Waals surface area (Å²) in [6.07, 6.45) is 4.00. The summed E-state index contributed by atoms with van der Waals surface area (Å²) in [6, 6.07) is 14.5. The monoisotopic (exact) mass is 565 g/mol. The highest BCUT2D eigenvalue weighted by Gasteiger charge is 2.10. The van der Waals surface area contributed by atoms with Gasteiger partial charge in [-0.05, 0) is 54.8 Å². The lowest BCUT2D eigenvalue weighted by Crippen LogP contribution is -2.36. The van der Waals surface area contributed by atoms with Gasteiger partial charge < -0.3 is 20.7 Å². The molecule has 7 nitrogen and oxygen atoms in total. The molecule has 1 aliphatic rings. The number of carbonyl (C=O) groups is 1. The largest absolute Gasteiger partial charge is 0.495 e. The summed E-state index contributed by atoms with van der Waals surface area (Å²) in [5, 5.41) is 9.48. The molecule has 1 saturated heterocycles. The number of ether oxygens (including phenoxy) is 1. The minimum atomic E-state index is -0.132. The number of anilines is 1. The van der Waals surface area contributed by atoms with Crippen LogP contribution in [0.25, 0.3) is 0 Å². The van der Waals surface area contributed by atoms with E-state index in [2.05, 4.69) is 50.1 Å². The summed E-state index contributed by atoms with van der Waals surface area (Å²) in [6.45, 7) is 6.22. The number of rotatable bonds is 8. The molecule has 0 bridgehead atoms. The van der Waals surface area contributed by atoms with Crippen LogP contribution >= 0.6 is 24.0 Å². The number of amides is 1. The molecule has 1 amide bonds. The van der Waals surface area contributed by atoms with Gasteiger partial charge in [-0.2, -0.15) is 0 Å². The van der Waals surface area contributed by atoms with Crippen molar-refractivity contribution in [3.8, 4) is 5.75 Å². The second-order valence-corrected chi connectivity index (χ2v) is 8.15. The lowest BCUT2D eigenvalue weighted by Gasteiger charge is -2.26. The number of hydrogen-bond acceptors (Lipinski definition) is 4. The van der Waals surface area contributed by atoms with E-state index in [9.17, 15) is 4.79 Å². The third-order valence-corrected chi connectivity index (χ3v) is 5.60. The number of hydrogen-bond donors (Lipinski definition) is 3. The third kappa shape index (κ3) is 8.85. The minimum Gasteiger partial charge on any atom is -0.495 e. The second-order valence-electron chi connectivity index (χ2n) is 8.15.